The van der Waals surface area contributed by atoms with Crippen LogP contribution in [0.1, 0.15) is 10.4 Å². The number of guanidine groups is 1. The third-order valence-corrected chi connectivity index (χ3v) is 2.41. The van der Waals surface area contributed by atoms with Crippen molar-refractivity contribution in [2.75, 3.05) is 28.4 Å². The summed E-state index contributed by atoms with van der Waals surface area (Å²) in [5.74, 6) is 0.804. The Morgan fingerprint density at radius 3 is 2.05 bits per heavy atom. The SMILES string of the molecule is CN=C(N)NC(=O)c1cc(OC)c(OC)c(OC)c1. The third-order valence-electron chi connectivity index (χ3n) is 2.41. The topological polar surface area (TPSA) is 95.2 Å². The average Bonchev–Trinajstić information content (AvgIpc) is 2.44. The minimum Gasteiger partial charge on any atom is -0.493 e. The normalized spacial score (nSPS) is 10.8. The summed E-state index contributed by atoms with van der Waals surface area (Å²) in [7, 11) is 5.91. The molecule has 19 heavy (non-hydrogen) atoms. The molecule has 0 saturated carbocycles. The summed E-state index contributed by atoms with van der Waals surface area (Å²) in [6.45, 7) is 0. The van der Waals surface area contributed by atoms with Gasteiger partial charge in [-0.25, -0.2) is 0 Å². The number of hydrogen-bond acceptors (Lipinski definition) is 5. The van der Waals surface area contributed by atoms with Gasteiger partial charge in [-0.2, -0.15) is 0 Å². The number of rotatable bonds is 4. The van der Waals surface area contributed by atoms with Crippen molar-refractivity contribution in [3.05, 3.63) is 17.7 Å². The molecule has 104 valence electrons. The molecule has 0 heterocycles. The first-order valence-electron chi connectivity index (χ1n) is 5.41. The van der Waals surface area contributed by atoms with E-state index in [0.717, 1.165) is 0 Å². The number of aliphatic imine (C=N–C) groups is 1. The molecular formula is C12H17N3O4. The molecule has 0 bridgehead atoms. The number of hydrogen-bond donors (Lipinski definition) is 2. The van der Waals surface area contributed by atoms with Crippen molar-refractivity contribution < 1.29 is 19.0 Å². The lowest BCUT2D eigenvalue weighted by molar-refractivity contribution is 0.0976. The van der Waals surface area contributed by atoms with Gasteiger partial charge in [-0.1, -0.05) is 0 Å². The van der Waals surface area contributed by atoms with Crippen LogP contribution in [0.4, 0.5) is 0 Å². The quantitative estimate of drug-likeness (QED) is 0.607. The van der Waals surface area contributed by atoms with Crippen molar-refractivity contribution in [2.24, 2.45) is 10.7 Å². The molecule has 0 fully saturated rings. The Bertz CT molecular complexity index is 475. The number of nitrogens with two attached hydrogens (primary N) is 1. The zero-order chi connectivity index (χ0) is 14.4. The number of carbonyl (C=O) groups excluding carboxylic acids is 1. The molecule has 0 radical (unpaired) electrons. The summed E-state index contributed by atoms with van der Waals surface area (Å²) < 4.78 is 15.5. The smallest absolute Gasteiger partial charge is 0.258 e. The van der Waals surface area contributed by atoms with Crippen LogP contribution in [-0.2, 0) is 0 Å². The summed E-state index contributed by atoms with van der Waals surface area (Å²) in [4.78, 5) is 15.6. The van der Waals surface area contributed by atoms with Crippen LogP contribution in [0.15, 0.2) is 17.1 Å². The van der Waals surface area contributed by atoms with Gasteiger partial charge in [0.25, 0.3) is 5.91 Å². The van der Waals surface area contributed by atoms with E-state index in [9.17, 15) is 4.79 Å². The average molecular weight is 267 g/mol. The second-order valence-electron chi connectivity index (χ2n) is 3.48. The second-order valence-corrected chi connectivity index (χ2v) is 3.48. The summed E-state index contributed by atoms with van der Waals surface area (Å²) in [5.41, 5.74) is 5.76. The maximum absolute atomic E-state index is 11.9. The maximum Gasteiger partial charge on any atom is 0.258 e. The van der Waals surface area contributed by atoms with E-state index in [1.807, 2.05) is 0 Å². The van der Waals surface area contributed by atoms with Gasteiger partial charge in [-0.3, -0.25) is 15.1 Å². The lowest BCUT2D eigenvalue weighted by atomic mass is 10.1. The molecule has 7 heteroatoms. The van der Waals surface area contributed by atoms with Gasteiger partial charge in [0, 0.05) is 12.6 Å². The first-order valence-corrected chi connectivity index (χ1v) is 5.41. The van der Waals surface area contributed by atoms with E-state index in [1.165, 1.54) is 40.5 Å². The van der Waals surface area contributed by atoms with Crippen LogP contribution in [-0.4, -0.2) is 40.2 Å². The number of ether oxygens (including phenoxy) is 3. The van der Waals surface area contributed by atoms with Gasteiger partial charge in [0.1, 0.15) is 0 Å². The zero-order valence-electron chi connectivity index (χ0n) is 11.3. The highest BCUT2D eigenvalue weighted by molar-refractivity contribution is 6.05. The number of methoxy groups -OCH3 is 3. The van der Waals surface area contributed by atoms with Gasteiger partial charge in [0.15, 0.2) is 17.5 Å². The molecule has 0 saturated heterocycles. The number of benzene rings is 1. The third kappa shape index (κ3) is 3.27. The Kier molecular flexibility index (Phi) is 4.99. The van der Waals surface area contributed by atoms with Gasteiger partial charge in [-0.05, 0) is 12.1 Å². The molecular weight excluding hydrogens is 250 g/mol. The number of nitrogens with one attached hydrogen (secondary N) is 1. The standard InChI is InChI=1S/C12H17N3O4/c1-14-12(13)15-11(16)7-5-8(17-2)10(19-4)9(6-7)18-3/h5-6H,1-4H3,(H3,13,14,15,16). The van der Waals surface area contributed by atoms with Crippen molar-refractivity contribution in [1.82, 2.24) is 5.32 Å². The Morgan fingerprint density at radius 2 is 1.68 bits per heavy atom. The van der Waals surface area contributed by atoms with E-state index in [-0.39, 0.29) is 5.96 Å². The first kappa shape index (κ1) is 14.6. The first-order chi connectivity index (χ1) is 9.07. The van der Waals surface area contributed by atoms with Crippen molar-refractivity contribution in [3.8, 4) is 17.2 Å². The van der Waals surface area contributed by atoms with E-state index in [4.69, 9.17) is 19.9 Å². The molecule has 0 aromatic heterocycles. The summed E-state index contributed by atoms with van der Waals surface area (Å²) in [5, 5.41) is 2.42. The summed E-state index contributed by atoms with van der Waals surface area (Å²) >= 11 is 0. The van der Waals surface area contributed by atoms with Gasteiger partial charge >= 0.3 is 0 Å². The fraction of sp³-hybridized carbons (Fsp3) is 0.333. The minimum atomic E-state index is -0.414. The van der Waals surface area contributed by atoms with Crippen molar-refractivity contribution in [1.29, 1.82) is 0 Å². The molecule has 0 atom stereocenters. The second kappa shape index (κ2) is 6.48. The van der Waals surface area contributed by atoms with Crippen LogP contribution >= 0.6 is 0 Å². The summed E-state index contributed by atoms with van der Waals surface area (Å²) in [6.07, 6.45) is 0. The largest absolute Gasteiger partial charge is 0.493 e. The Morgan fingerprint density at radius 1 is 1.16 bits per heavy atom. The molecule has 0 spiro atoms. The fourth-order valence-electron chi connectivity index (χ4n) is 1.46. The molecule has 1 aromatic carbocycles. The van der Waals surface area contributed by atoms with E-state index >= 15 is 0 Å². The monoisotopic (exact) mass is 267 g/mol. The van der Waals surface area contributed by atoms with Gasteiger partial charge in [0.2, 0.25) is 5.75 Å². The number of nitrogens with zero attached hydrogens (tertiary/aromatic N) is 1. The summed E-state index contributed by atoms with van der Waals surface area (Å²) in [6, 6.07) is 3.05. The zero-order valence-corrected chi connectivity index (χ0v) is 11.3. The molecule has 1 rings (SSSR count). The molecule has 0 aliphatic heterocycles. The van der Waals surface area contributed by atoms with Crippen LogP contribution in [0.5, 0.6) is 17.2 Å². The van der Waals surface area contributed by atoms with E-state index in [2.05, 4.69) is 10.3 Å². The van der Waals surface area contributed by atoms with Gasteiger partial charge in [0.05, 0.1) is 21.3 Å². The maximum atomic E-state index is 11.9. The molecule has 1 aromatic rings. The Hall–Kier alpha value is -2.44. The predicted octanol–water partition coefficient (Wildman–Crippen LogP) is 0.387. The molecule has 0 aliphatic carbocycles. The van der Waals surface area contributed by atoms with E-state index in [0.29, 0.717) is 22.8 Å². The highest BCUT2D eigenvalue weighted by Crippen LogP contribution is 2.38. The van der Waals surface area contributed by atoms with Crippen molar-refractivity contribution in [2.45, 2.75) is 0 Å². The minimum absolute atomic E-state index is 0.0266. The lowest BCUT2D eigenvalue weighted by Crippen LogP contribution is -2.36. The van der Waals surface area contributed by atoms with Gasteiger partial charge < -0.3 is 19.9 Å². The number of carbonyl (C=O) groups is 1. The molecule has 7 nitrogen and oxygen atoms in total. The highest BCUT2D eigenvalue weighted by Gasteiger charge is 2.17. The lowest BCUT2D eigenvalue weighted by Gasteiger charge is -2.13. The van der Waals surface area contributed by atoms with Crippen LogP contribution in [0.25, 0.3) is 0 Å². The van der Waals surface area contributed by atoms with Crippen LogP contribution in [0.3, 0.4) is 0 Å². The highest BCUT2D eigenvalue weighted by atomic mass is 16.5. The van der Waals surface area contributed by atoms with E-state index < -0.39 is 5.91 Å². The number of amides is 1. The molecule has 0 unspecified atom stereocenters. The molecule has 3 N–H and O–H groups in total. The van der Waals surface area contributed by atoms with Crippen molar-refractivity contribution in [3.63, 3.8) is 0 Å². The predicted molar refractivity (Wildman–Crippen MR) is 71.1 cm³/mol. The van der Waals surface area contributed by atoms with Crippen molar-refractivity contribution >= 4 is 11.9 Å². The molecule has 1 amide bonds. The Labute approximate surface area is 111 Å². The molecule has 0 aliphatic rings. The fourth-order valence-corrected chi connectivity index (χ4v) is 1.46. The van der Waals surface area contributed by atoms with Gasteiger partial charge in [-0.15, -0.1) is 0 Å². The van der Waals surface area contributed by atoms with Crippen LogP contribution in [0, 0.1) is 0 Å². The Balaban J connectivity index is 3.19. The van der Waals surface area contributed by atoms with E-state index in [1.54, 1.807) is 0 Å². The van der Waals surface area contributed by atoms with Crippen LogP contribution in [0.2, 0.25) is 0 Å². The van der Waals surface area contributed by atoms with Crippen LogP contribution < -0.4 is 25.3 Å².